The highest BCUT2D eigenvalue weighted by Gasteiger charge is 2.20. The van der Waals surface area contributed by atoms with Crippen molar-refractivity contribution in [2.75, 3.05) is 11.9 Å². The van der Waals surface area contributed by atoms with E-state index in [1.807, 2.05) is 51.1 Å². The molecule has 1 aromatic carbocycles. The highest BCUT2D eigenvalue weighted by molar-refractivity contribution is 5.89. The highest BCUT2D eigenvalue weighted by atomic mass is 16.2. The van der Waals surface area contributed by atoms with Crippen LogP contribution in [-0.4, -0.2) is 28.1 Å². The number of nitrogens with one attached hydrogen (secondary N) is 2. The molecular weight excluding hydrogens is 316 g/mol. The summed E-state index contributed by atoms with van der Waals surface area (Å²) in [5.74, 6) is 0.584. The van der Waals surface area contributed by atoms with Gasteiger partial charge in [-0.2, -0.15) is 5.10 Å². The molecule has 1 heterocycles. The Morgan fingerprint density at radius 1 is 1.12 bits per heavy atom. The van der Waals surface area contributed by atoms with E-state index in [4.69, 9.17) is 0 Å². The largest absolute Gasteiger partial charge is 0.356 e. The smallest absolute Gasteiger partial charge is 0.225 e. The lowest BCUT2D eigenvalue weighted by Gasteiger charge is -2.17. The number of carbonyl (C=O) groups excluding carboxylic acids is 2. The molecule has 2 amide bonds. The maximum absolute atomic E-state index is 12.1. The van der Waals surface area contributed by atoms with Gasteiger partial charge in [0.2, 0.25) is 11.8 Å². The van der Waals surface area contributed by atoms with Gasteiger partial charge in [-0.15, -0.1) is 0 Å². The molecule has 0 fully saturated rings. The Kier molecular flexibility index (Phi) is 6.33. The van der Waals surface area contributed by atoms with Crippen LogP contribution < -0.4 is 10.6 Å². The van der Waals surface area contributed by atoms with E-state index < -0.39 is 5.41 Å². The number of nitrogens with zero attached hydrogens (tertiary/aromatic N) is 2. The Morgan fingerprint density at radius 2 is 1.84 bits per heavy atom. The standard InChI is InChI=1S/C19H26N4O2/c1-19(2,3)18(25)20-12-7-10-17(24)22-16-11-13-21-23(16)14-15-8-5-4-6-9-15/h4-6,8-9,11,13H,7,10,12,14H2,1-3H3,(H,20,25)(H,22,24). The molecule has 1 aromatic heterocycles. The number of aromatic nitrogens is 2. The molecule has 2 N–H and O–H groups in total. The fraction of sp³-hybridized carbons (Fsp3) is 0.421. The van der Waals surface area contributed by atoms with Crippen LogP contribution >= 0.6 is 0 Å². The Bertz CT molecular complexity index is 702. The van der Waals surface area contributed by atoms with Crippen molar-refractivity contribution in [3.63, 3.8) is 0 Å². The molecule has 6 heteroatoms. The summed E-state index contributed by atoms with van der Waals surface area (Å²) in [5.41, 5.74) is 0.707. The van der Waals surface area contributed by atoms with E-state index in [0.717, 1.165) is 5.56 Å². The first kappa shape index (κ1) is 18.7. The van der Waals surface area contributed by atoms with Crippen molar-refractivity contribution in [2.24, 2.45) is 5.41 Å². The first-order valence-corrected chi connectivity index (χ1v) is 8.50. The van der Waals surface area contributed by atoms with Gasteiger partial charge in [0.1, 0.15) is 5.82 Å². The van der Waals surface area contributed by atoms with Crippen molar-refractivity contribution in [3.8, 4) is 0 Å². The number of anilines is 1. The number of benzene rings is 1. The predicted molar refractivity (Wildman–Crippen MR) is 98.1 cm³/mol. The molecule has 0 aliphatic carbocycles. The Balaban J connectivity index is 1.78. The third-order valence-corrected chi connectivity index (χ3v) is 3.71. The van der Waals surface area contributed by atoms with E-state index in [2.05, 4.69) is 15.7 Å². The second-order valence-electron chi connectivity index (χ2n) is 7.02. The predicted octanol–water partition coefficient (Wildman–Crippen LogP) is 2.81. The number of hydrogen-bond acceptors (Lipinski definition) is 3. The van der Waals surface area contributed by atoms with Crippen LogP contribution in [0.15, 0.2) is 42.6 Å². The number of amides is 2. The maximum atomic E-state index is 12.1. The van der Waals surface area contributed by atoms with Gasteiger partial charge in [-0.25, -0.2) is 4.68 Å². The molecule has 0 radical (unpaired) electrons. The minimum Gasteiger partial charge on any atom is -0.356 e. The SMILES string of the molecule is CC(C)(C)C(=O)NCCCC(=O)Nc1ccnn1Cc1ccccc1. The molecule has 0 aliphatic heterocycles. The highest BCUT2D eigenvalue weighted by Crippen LogP contribution is 2.13. The number of carbonyl (C=O) groups is 2. The molecule has 2 aromatic rings. The average molecular weight is 342 g/mol. The van der Waals surface area contributed by atoms with Crippen molar-refractivity contribution >= 4 is 17.6 Å². The minimum absolute atomic E-state index is 0.00570. The molecule has 0 saturated heterocycles. The summed E-state index contributed by atoms with van der Waals surface area (Å²) in [4.78, 5) is 23.9. The zero-order chi connectivity index (χ0) is 18.3. The summed E-state index contributed by atoms with van der Waals surface area (Å²) in [6.07, 6.45) is 2.61. The summed E-state index contributed by atoms with van der Waals surface area (Å²) in [7, 11) is 0. The van der Waals surface area contributed by atoms with Crippen LogP contribution in [0.25, 0.3) is 0 Å². The van der Waals surface area contributed by atoms with Gasteiger partial charge in [0, 0.05) is 24.4 Å². The second kappa shape index (κ2) is 8.46. The van der Waals surface area contributed by atoms with Crippen LogP contribution in [0.5, 0.6) is 0 Å². The molecule has 0 spiro atoms. The van der Waals surface area contributed by atoms with E-state index in [9.17, 15) is 9.59 Å². The van der Waals surface area contributed by atoms with Gasteiger partial charge >= 0.3 is 0 Å². The van der Waals surface area contributed by atoms with Crippen molar-refractivity contribution in [1.82, 2.24) is 15.1 Å². The van der Waals surface area contributed by atoms with Crippen molar-refractivity contribution in [2.45, 2.75) is 40.2 Å². The van der Waals surface area contributed by atoms with Gasteiger partial charge < -0.3 is 10.6 Å². The molecule has 0 atom stereocenters. The number of hydrogen-bond donors (Lipinski definition) is 2. The fourth-order valence-electron chi connectivity index (χ4n) is 2.24. The Labute approximate surface area is 148 Å². The van der Waals surface area contributed by atoms with Crippen LogP contribution in [0.1, 0.15) is 39.2 Å². The van der Waals surface area contributed by atoms with E-state index in [1.165, 1.54) is 0 Å². The van der Waals surface area contributed by atoms with Crippen LogP contribution in [0, 0.1) is 5.41 Å². The summed E-state index contributed by atoms with van der Waals surface area (Å²) >= 11 is 0. The maximum Gasteiger partial charge on any atom is 0.225 e. The zero-order valence-electron chi connectivity index (χ0n) is 15.1. The first-order valence-electron chi connectivity index (χ1n) is 8.50. The fourth-order valence-corrected chi connectivity index (χ4v) is 2.24. The van der Waals surface area contributed by atoms with Crippen LogP contribution in [0.3, 0.4) is 0 Å². The summed E-state index contributed by atoms with van der Waals surface area (Å²) in [6.45, 7) is 6.69. The van der Waals surface area contributed by atoms with Crippen LogP contribution in [0.2, 0.25) is 0 Å². The van der Waals surface area contributed by atoms with E-state index >= 15 is 0 Å². The lowest BCUT2D eigenvalue weighted by molar-refractivity contribution is -0.128. The van der Waals surface area contributed by atoms with Gasteiger partial charge in [0.15, 0.2) is 0 Å². The Hall–Kier alpha value is -2.63. The second-order valence-corrected chi connectivity index (χ2v) is 7.02. The first-order chi connectivity index (χ1) is 11.9. The summed E-state index contributed by atoms with van der Waals surface area (Å²) in [5, 5.41) is 9.98. The molecule has 134 valence electrons. The molecule has 0 bridgehead atoms. The van der Waals surface area contributed by atoms with E-state index in [-0.39, 0.29) is 11.8 Å². The third-order valence-electron chi connectivity index (χ3n) is 3.71. The van der Waals surface area contributed by atoms with Crippen LogP contribution in [0.4, 0.5) is 5.82 Å². The minimum atomic E-state index is -0.411. The van der Waals surface area contributed by atoms with Gasteiger partial charge in [0.05, 0.1) is 12.7 Å². The quantitative estimate of drug-likeness (QED) is 0.760. The van der Waals surface area contributed by atoms with Gasteiger partial charge in [-0.1, -0.05) is 51.1 Å². The molecule has 0 saturated carbocycles. The molecule has 0 unspecified atom stereocenters. The average Bonchev–Trinajstić information content (AvgIpc) is 2.98. The third kappa shape index (κ3) is 6.06. The lowest BCUT2D eigenvalue weighted by Crippen LogP contribution is -2.35. The Morgan fingerprint density at radius 3 is 2.52 bits per heavy atom. The zero-order valence-corrected chi connectivity index (χ0v) is 15.1. The molecule has 25 heavy (non-hydrogen) atoms. The van der Waals surface area contributed by atoms with Crippen molar-refractivity contribution in [1.29, 1.82) is 0 Å². The molecule has 2 rings (SSSR count). The van der Waals surface area contributed by atoms with Crippen molar-refractivity contribution in [3.05, 3.63) is 48.2 Å². The lowest BCUT2D eigenvalue weighted by atomic mass is 9.96. The summed E-state index contributed by atoms with van der Waals surface area (Å²) < 4.78 is 1.76. The number of rotatable bonds is 7. The topological polar surface area (TPSA) is 76.0 Å². The van der Waals surface area contributed by atoms with E-state index in [0.29, 0.717) is 31.7 Å². The molecular formula is C19H26N4O2. The monoisotopic (exact) mass is 342 g/mol. The van der Waals surface area contributed by atoms with Gasteiger partial charge in [-0.05, 0) is 12.0 Å². The van der Waals surface area contributed by atoms with Gasteiger partial charge in [0.25, 0.3) is 0 Å². The molecule has 0 aliphatic rings. The van der Waals surface area contributed by atoms with Crippen LogP contribution in [-0.2, 0) is 16.1 Å². The van der Waals surface area contributed by atoms with E-state index in [1.54, 1.807) is 16.9 Å². The normalized spacial score (nSPS) is 11.2. The van der Waals surface area contributed by atoms with Gasteiger partial charge in [-0.3, -0.25) is 9.59 Å². The van der Waals surface area contributed by atoms with Crippen molar-refractivity contribution < 1.29 is 9.59 Å². The molecule has 6 nitrogen and oxygen atoms in total. The summed E-state index contributed by atoms with van der Waals surface area (Å²) in [6, 6.07) is 11.7.